The molecule has 0 unspecified atom stereocenters. The van der Waals surface area contributed by atoms with E-state index in [-0.39, 0.29) is 12.0 Å². The number of nitrogens with one attached hydrogen (secondary N) is 1. The van der Waals surface area contributed by atoms with Crippen molar-refractivity contribution in [1.29, 1.82) is 0 Å². The zero-order chi connectivity index (χ0) is 21.4. The van der Waals surface area contributed by atoms with Crippen molar-refractivity contribution in [1.82, 2.24) is 5.32 Å². The van der Waals surface area contributed by atoms with Crippen molar-refractivity contribution in [3.8, 4) is 0 Å². The summed E-state index contributed by atoms with van der Waals surface area (Å²) in [5.74, 6) is -8.33. The van der Waals surface area contributed by atoms with Crippen molar-refractivity contribution < 1.29 is 42.2 Å². The summed E-state index contributed by atoms with van der Waals surface area (Å²) in [5, 5.41) is 2.34. The maximum absolute atomic E-state index is 13.3. The zero-order valence-corrected chi connectivity index (χ0v) is 15.8. The number of amides is 1. The molecule has 0 aliphatic heterocycles. The van der Waals surface area contributed by atoms with Gasteiger partial charge in [0.15, 0.2) is 17.6 Å². The normalized spacial score (nSPS) is 12.7. The van der Waals surface area contributed by atoms with Crippen LogP contribution in [0, 0.1) is 23.5 Å². The highest BCUT2D eigenvalue weighted by molar-refractivity contribution is 5.96. The Hall–Kier alpha value is -3.04. The third-order valence-electron chi connectivity index (χ3n) is 4.08. The molecule has 0 saturated heterocycles. The molecule has 0 bridgehead atoms. The number of ether oxygens (including phenoxy) is 3. The molecule has 0 aliphatic carbocycles. The molecule has 0 aromatic heterocycles. The maximum Gasteiger partial charge on any atom is 0.328 e. The van der Waals surface area contributed by atoms with E-state index in [0.29, 0.717) is 0 Å². The first-order chi connectivity index (χ1) is 13.2. The van der Waals surface area contributed by atoms with Crippen LogP contribution in [-0.4, -0.2) is 51.2 Å². The molecule has 0 fully saturated rings. The topological polar surface area (TPSA) is 108 Å². The Labute approximate surface area is 160 Å². The first kappa shape index (κ1) is 23.0. The number of esters is 3. The number of methoxy groups -OCH3 is 3. The van der Waals surface area contributed by atoms with Crippen molar-refractivity contribution in [2.24, 2.45) is 11.8 Å². The molecular formula is C18H21F2NO7. The largest absolute Gasteiger partial charge is 0.468 e. The van der Waals surface area contributed by atoms with Gasteiger partial charge in [0.25, 0.3) is 0 Å². The molecule has 0 radical (unpaired) electrons. The van der Waals surface area contributed by atoms with Crippen LogP contribution in [-0.2, 0) is 39.8 Å². The van der Waals surface area contributed by atoms with E-state index in [4.69, 9.17) is 0 Å². The smallest absolute Gasteiger partial charge is 0.328 e. The first-order valence-electron chi connectivity index (χ1n) is 8.13. The molecule has 1 N–H and O–H groups in total. The summed E-state index contributed by atoms with van der Waals surface area (Å²) in [6.07, 6.45) is -0.376. The van der Waals surface area contributed by atoms with Crippen molar-refractivity contribution in [2.75, 3.05) is 21.3 Å². The molecule has 8 nitrogen and oxygen atoms in total. The Kier molecular flexibility index (Phi) is 8.49. The van der Waals surface area contributed by atoms with E-state index < -0.39 is 53.3 Å². The summed E-state index contributed by atoms with van der Waals surface area (Å²) in [6.45, 7) is 1.36. The SMILES string of the molecule is COC(=O)C(C(=O)OC)[C@@H](C)[C@@H](NC(=O)Cc1ccc(F)c(F)c1)C(=O)OC. The number of carbonyl (C=O) groups is 4. The van der Waals surface area contributed by atoms with Gasteiger partial charge in [-0.3, -0.25) is 14.4 Å². The molecule has 0 saturated carbocycles. The Morgan fingerprint density at radius 3 is 1.93 bits per heavy atom. The Morgan fingerprint density at radius 1 is 0.929 bits per heavy atom. The van der Waals surface area contributed by atoms with Crippen LogP contribution >= 0.6 is 0 Å². The van der Waals surface area contributed by atoms with Crippen LogP contribution in [0.1, 0.15) is 12.5 Å². The fourth-order valence-electron chi connectivity index (χ4n) is 2.56. The van der Waals surface area contributed by atoms with Crippen molar-refractivity contribution >= 4 is 23.8 Å². The Balaban J connectivity index is 3.04. The number of hydrogen-bond acceptors (Lipinski definition) is 7. The summed E-state index contributed by atoms with van der Waals surface area (Å²) in [5.41, 5.74) is 0.158. The van der Waals surface area contributed by atoms with Gasteiger partial charge in [-0.25, -0.2) is 13.6 Å². The predicted molar refractivity (Wildman–Crippen MR) is 90.7 cm³/mol. The van der Waals surface area contributed by atoms with Gasteiger partial charge < -0.3 is 19.5 Å². The molecule has 28 heavy (non-hydrogen) atoms. The third-order valence-corrected chi connectivity index (χ3v) is 4.08. The molecule has 0 aliphatic rings. The second-order valence-corrected chi connectivity index (χ2v) is 5.88. The molecule has 1 aromatic carbocycles. The second-order valence-electron chi connectivity index (χ2n) is 5.88. The van der Waals surface area contributed by atoms with Crippen molar-refractivity contribution in [2.45, 2.75) is 19.4 Å². The van der Waals surface area contributed by atoms with Crippen LogP contribution in [0.5, 0.6) is 0 Å². The van der Waals surface area contributed by atoms with Gasteiger partial charge in [0.2, 0.25) is 5.91 Å². The number of hydrogen-bond donors (Lipinski definition) is 1. The van der Waals surface area contributed by atoms with Gasteiger partial charge in [-0.15, -0.1) is 0 Å². The highest BCUT2D eigenvalue weighted by atomic mass is 19.2. The monoisotopic (exact) mass is 401 g/mol. The lowest BCUT2D eigenvalue weighted by atomic mass is 9.87. The molecule has 2 atom stereocenters. The van der Waals surface area contributed by atoms with Crippen LogP contribution in [0.25, 0.3) is 0 Å². The second kappa shape index (κ2) is 10.3. The first-order valence-corrected chi connectivity index (χ1v) is 8.13. The molecule has 0 heterocycles. The quantitative estimate of drug-likeness (QED) is 0.389. The van der Waals surface area contributed by atoms with E-state index >= 15 is 0 Å². The molecule has 1 rings (SSSR count). The minimum absolute atomic E-state index is 0.158. The van der Waals surface area contributed by atoms with Crippen LogP contribution in [0.3, 0.4) is 0 Å². The van der Waals surface area contributed by atoms with E-state index in [0.717, 1.165) is 33.5 Å². The molecular weight excluding hydrogens is 380 g/mol. The van der Waals surface area contributed by atoms with Gasteiger partial charge in [-0.1, -0.05) is 13.0 Å². The standard InChI is InChI=1S/C18H21F2NO7/c1-9(14(16(23)26-2)17(24)27-3)15(18(25)28-4)21-13(22)8-10-5-6-11(19)12(20)7-10/h5-7,9,14-15H,8H2,1-4H3,(H,21,22)/t9-,15-/m1/s1. The van der Waals surface area contributed by atoms with Gasteiger partial charge >= 0.3 is 17.9 Å². The van der Waals surface area contributed by atoms with Gasteiger partial charge in [0.1, 0.15) is 6.04 Å². The Morgan fingerprint density at radius 2 is 1.46 bits per heavy atom. The van der Waals surface area contributed by atoms with Gasteiger partial charge in [-0.05, 0) is 17.7 Å². The number of rotatable bonds is 8. The van der Waals surface area contributed by atoms with Gasteiger partial charge in [0, 0.05) is 5.92 Å². The summed E-state index contributed by atoms with van der Waals surface area (Å²) < 4.78 is 40.0. The van der Waals surface area contributed by atoms with E-state index in [1.165, 1.54) is 13.0 Å². The summed E-state index contributed by atoms with van der Waals surface area (Å²) in [6, 6.07) is 1.52. The molecule has 154 valence electrons. The third kappa shape index (κ3) is 5.73. The van der Waals surface area contributed by atoms with Crippen molar-refractivity contribution in [3.63, 3.8) is 0 Å². The molecule has 1 aromatic rings. The molecule has 0 spiro atoms. The molecule has 10 heteroatoms. The van der Waals surface area contributed by atoms with E-state index in [2.05, 4.69) is 19.5 Å². The highest BCUT2D eigenvalue weighted by Gasteiger charge is 2.42. The number of carbonyl (C=O) groups excluding carboxylic acids is 4. The number of halogens is 2. The van der Waals surface area contributed by atoms with Crippen molar-refractivity contribution in [3.05, 3.63) is 35.4 Å². The fraction of sp³-hybridized carbons (Fsp3) is 0.444. The lowest BCUT2D eigenvalue weighted by molar-refractivity contribution is -0.163. The van der Waals surface area contributed by atoms with Gasteiger partial charge in [0.05, 0.1) is 27.8 Å². The lowest BCUT2D eigenvalue weighted by Crippen LogP contribution is -2.51. The predicted octanol–water partition coefficient (Wildman–Crippen LogP) is 0.763. The highest BCUT2D eigenvalue weighted by Crippen LogP contribution is 2.21. The van der Waals surface area contributed by atoms with Crippen LogP contribution in [0.15, 0.2) is 18.2 Å². The molecule has 1 amide bonds. The zero-order valence-electron chi connectivity index (χ0n) is 15.8. The summed E-state index contributed by atoms with van der Waals surface area (Å²) in [7, 11) is 3.18. The van der Waals surface area contributed by atoms with Crippen LogP contribution in [0.4, 0.5) is 8.78 Å². The minimum Gasteiger partial charge on any atom is -0.468 e. The maximum atomic E-state index is 13.3. The van der Waals surface area contributed by atoms with Gasteiger partial charge in [-0.2, -0.15) is 0 Å². The number of benzene rings is 1. The average molecular weight is 401 g/mol. The summed E-state index contributed by atoms with van der Waals surface area (Å²) in [4.78, 5) is 48.3. The summed E-state index contributed by atoms with van der Waals surface area (Å²) >= 11 is 0. The van der Waals surface area contributed by atoms with Crippen LogP contribution in [0.2, 0.25) is 0 Å². The Bertz CT molecular complexity index is 737. The van der Waals surface area contributed by atoms with E-state index in [1.54, 1.807) is 0 Å². The minimum atomic E-state index is -1.50. The fourth-order valence-corrected chi connectivity index (χ4v) is 2.56. The lowest BCUT2D eigenvalue weighted by Gasteiger charge is -2.27. The van der Waals surface area contributed by atoms with Crippen LogP contribution < -0.4 is 5.32 Å². The average Bonchev–Trinajstić information content (AvgIpc) is 2.67. The van der Waals surface area contributed by atoms with E-state index in [1.807, 2.05) is 0 Å². The van der Waals surface area contributed by atoms with E-state index in [9.17, 15) is 28.0 Å².